The molecule has 0 bridgehead atoms. The highest BCUT2D eigenvalue weighted by molar-refractivity contribution is 9.10. The SMILES string of the molecule is Cc1ncc(S)cc1Br. The standard InChI is InChI=1S/C6H6BrNS/c1-4-6(7)2-5(9)3-8-4/h2-3,9H,1H3. The Morgan fingerprint density at radius 1 is 1.67 bits per heavy atom. The third kappa shape index (κ3) is 1.69. The van der Waals surface area contributed by atoms with Crippen molar-refractivity contribution in [2.24, 2.45) is 0 Å². The van der Waals surface area contributed by atoms with Crippen LogP contribution in [0.4, 0.5) is 0 Å². The molecule has 3 heteroatoms. The fourth-order valence-corrected chi connectivity index (χ4v) is 1.21. The highest BCUT2D eigenvalue weighted by Gasteiger charge is 1.93. The van der Waals surface area contributed by atoms with E-state index in [0.717, 1.165) is 15.1 Å². The first kappa shape index (κ1) is 7.09. The van der Waals surface area contributed by atoms with Crippen LogP contribution in [0.2, 0.25) is 0 Å². The fraction of sp³-hybridized carbons (Fsp3) is 0.167. The van der Waals surface area contributed by atoms with E-state index in [0.29, 0.717) is 0 Å². The van der Waals surface area contributed by atoms with Gasteiger partial charge in [-0.25, -0.2) is 0 Å². The lowest BCUT2D eigenvalue weighted by molar-refractivity contribution is 1.13. The second-order valence-corrected chi connectivity index (χ2v) is 3.13. The van der Waals surface area contributed by atoms with E-state index >= 15 is 0 Å². The molecule has 1 heterocycles. The van der Waals surface area contributed by atoms with Gasteiger partial charge in [-0.2, -0.15) is 0 Å². The molecule has 1 aromatic heterocycles. The molecule has 0 saturated heterocycles. The molecule has 0 radical (unpaired) electrons. The average molecular weight is 204 g/mol. The molecule has 48 valence electrons. The summed E-state index contributed by atoms with van der Waals surface area (Å²) >= 11 is 7.44. The smallest absolute Gasteiger partial charge is 0.0515 e. The predicted molar refractivity (Wildman–Crippen MR) is 43.9 cm³/mol. The maximum Gasteiger partial charge on any atom is 0.0515 e. The van der Waals surface area contributed by atoms with Crippen LogP contribution in [0.25, 0.3) is 0 Å². The minimum atomic E-state index is 0.882. The van der Waals surface area contributed by atoms with Crippen molar-refractivity contribution in [3.63, 3.8) is 0 Å². The quantitative estimate of drug-likeness (QED) is 0.640. The number of pyridine rings is 1. The Labute approximate surface area is 68.0 Å². The van der Waals surface area contributed by atoms with E-state index in [1.54, 1.807) is 6.20 Å². The number of halogens is 1. The molecule has 0 spiro atoms. The summed E-state index contributed by atoms with van der Waals surface area (Å²) in [5.41, 5.74) is 0.993. The number of nitrogens with zero attached hydrogens (tertiary/aromatic N) is 1. The molecule has 1 nitrogen and oxygen atoms in total. The number of thiol groups is 1. The summed E-state index contributed by atoms with van der Waals surface area (Å²) in [5, 5.41) is 0. The molecule has 0 atom stereocenters. The molecule has 0 aliphatic carbocycles. The zero-order chi connectivity index (χ0) is 6.85. The summed E-state index contributed by atoms with van der Waals surface area (Å²) in [7, 11) is 0. The molecule has 0 amide bonds. The molecule has 9 heavy (non-hydrogen) atoms. The van der Waals surface area contributed by atoms with Gasteiger partial charge in [0.2, 0.25) is 0 Å². The summed E-state index contributed by atoms with van der Waals surface area (Å²) in [5.74, 6) is 0. The number of hydrogen-bond acceptors (Lipinski definition) is 2. The third-order valence-corrected chi connectivity index (χ3v) is 2.06. The Bertz CT molecular complexity index is 224. The van der Waals surface area contributed by atoms with Gasteiger partial charge in [-0.05, 0) is 28.9 Å². The molecule has 1 rings (SSSR count). The Balaban J connectivity index is 3.17. The van der Waals surface area contributed by atoms with Crippen molar-refractivity contribution < 1.29 is 0 Å². The first-order valence-corrected chi connectivity index (χ1v) is 3.75. The van der Waals surface area contributed by atoms with Crippen molar-refractivity contribution in [1.29, 1.82) is 0 Å². The van der Waals surface area contributed by atoms with Gasteiger partial charge in [0.05, 0.1) is 5.69 Å². The Morgan fingerprint density at radius 2 is 2.33 bits per heavy atom. The van der Waals surface area contributed by atoms with E-state index in [9.17, 15) is 0 Å². The highest BCUT2D eigenvalue weighted by Crippen LogP contribution is 2.16. The lowest BCUT2D eigenvalue weighted by atomic mass is 10.4. The number of aryl methyl sites for hydroxylation is 1. The molecular weight excluding hydrogens is 198 g/mol. The van der Waals surface area contributed by atoms with Crippen LogP contribution in [0.15, 0.2) is 21.6 Å². The largest absolute Gasteiger partial charge is 0.259 e. The van der Waals surface area contributed by atoms with E-state index in [4.69, 9.17) is 0 Å². The molecule has 0 saturated carbocycles. The lowest BCUT2D eigenvalue weighted by Crippen LogP contribution is -1.80. The Kier molecular flexibility index (Phi) is 2.13. The molecule has 1 aromatic rings. The summed E-state index contributed by atoms with van der Waals surface area (Å²) in [6.07, 6.45) is 1.73. The Hall–Kier alpha value is -0.0200. The summed E-state index contributed by atoms with van der Waals surface area (Å²) < 4.78 is 1.01. The van der Waals surface area contributed by atoms with Gasteiger partial charge >= 0.3 is 0 Å². The molecular formula is C6H6BrNS. The van der Waals surface area contributed by atoms with Crippen LogP contribution in [-0.4, -0.2) is 4.98 Å². The van der Waals surface area contributed by atoms with E-state index in [1.807, 2.05) is 13.0 Å². The molecule has 0 fully saturated rings. The van der Waals surface area contributed by atoms with Crippen molar-refractivity contribution in [2.75, 3.05) is 0 Å². The van der Waals surface area contributed by atoms with Crippen molar-refractivity contribution in [1.82, 2.24) is 4.98 Å². The van der Waals surface area contributed by atoms with Crippen LogP contribution in [0.5, 0.6) is 0 Å². The maximum absolute atomic E-state index is 4.11. The van der Waals surface area contributed by atoms with Gasteiger partial charge in [0.1, 0.15) is 0 Å². The van der Waals surface area contributed by atoms with Gasteiger partial charge in [0.15, 0.2) is 0 Å². The van der Waals surface area contributed by atoms with Gasteiger partial charge in [-0.15, -0.1) is 12.6 Å². The van der Waals surface area contributed by atoms with Crippen molar-refractivity contribution in [2.45, 2.75) is 11.8 Å². The monoisotopic (exact) mass is 203 g/mol. The number of rotatable bonds is 0. The van der Waals surface area contributed by atoms with Gasteiger partial charge < -0.3 is 0 Å². The van der Waals surface area contributed by atoms with Crippen molar-refractivity contribution >= 4 is 28.6 Å². The predicted octanol–water partition coefficient (Wildman–Crippen LogP) is 2.44. The van der Waals surface area contributed by atoms with Crippen LogP contribution in [0.3, 0.4) is 0 Å². The summed E-state index contributed by atoms with van der Waals surface area (Å²) in [4.78, 5) is 4.94. The summed E-state index contributed by atoms with van der Waals surface area (Å²) in [6.45, 7) is 1.94. The zero-order valence-corrected chi connectivity index (χ0v) is 7.41. The van der Waals surface area contributed by atoms with Crippen LogP contribution in [-0.2, 0) is 0 Å². The van der Waals surface area contributed by atoms with Crippen LogP contribution < -0.4 is 0 Å². The minimum Gasteiger partial charge on any atom is -0.259 e. The Morgan fingerprint density at radius 3 is 2.78 bits per heavy atom. The molecule has 0 N–H and O–H groups in total. The molecule has 0 aliphatic rings. The third-order valence-electron chi connectivity index (χ3n) is 1.01. The summed E-state index contributed by atoms with van der Waals surface area (Å²) in [6, 6.07) is 1.92. The first-order chi connectivity index (χ1) is 4.20. The van der Waals surface area contributed by atoms with Crippen molar-refractivity contribution in [3.05, 3.63) is 22.4 Å². The second-order valence-electron chi connectivity index (χ2n) is 1.76. The van der Waals surface area contributed by atoms with Gasteiger partial charge in [-0.3, -0.25) is 4.98 Å². The number of hydrogen-bond donors (Lipinski definition) is 1. The molecule has 0 unspecified atom stereocenters. The second kappa shape index (κ2) is 2.71. The van der Waals surface area contributed by atoms with Gasteiger partial charge in [0.25, 0.3) is 0 Å². The maximum atomic E-state index is 4.11. The molecule has 0 aliphatic heterocycles. The first-order valence-electron chi connectivity index (χ1n) is 2.51. The van der Waals surface area contributed by atoms with E-state index < -0.39 is 0 Å². The van der Waals surface area contributed by atoms with Crippen LogP contribution in [0.1, 0.15) is 5.69 Å². The minimum absolute atomic E-state index is 0.882. The van der Waals surface area contributed by atoms with E-state index in [-0.39, 0.29) is 0 Å². The van der Waals surface area contributed by atoms with E-state index in [2.05, 4.69) is 33.5 Å². The fourth-order valence-electron chi connectivity index (χ4n) is 0.496. The average Bonchev–Trinajstić information content (AvgIpc) is 1.80. The van der Waals surface area contributed by atoms with Gasteiger partial charge in [-0.1, -0.05) is 0 Å². The van der Waals surface area contributed by atoms with Crippen LogP contribution >= 0.6 is 28.6 Å². The zero-order valence-electron chi connectivity index (χ0n) is 4.93. The normalized spacial score (nSPS) is 9.67. The topological polar surface area (TPSA) is 12.9 Å². The lowest BCUT2D eigenvalue weighted by Gasteiger charge is -1.95. The number of aromatic nitrogens is 1. The van der Waals surface area contributed by atoms with Crippen molar-refractivity contribution in [3.8, 4) is 0 Å². The van der Waals surface area contributed by atoms with E-state index in [1.165, 1.54) is 0 Å². The van der Waals surface area contributed by atoms with Gasteiger partial charge in [0, 0.05) is 15.6 Å². The molecule has 0 aromatic carbocycles. The van der Waals surface area contributed by atoms with Crippen LogP contribution in [0, 0.1) is 6.92 Å². The highest BCUT2D eigenvalue weighted by atomic mass is 79.9.